The van der Waals surface area contributed by atoms with E-state index in [0.29, 0.717) is 16.9 Å². The van der Waals surface area contributed by atoms with E-state index >= 15 is 0 Å². The summed E-state index contributed by atoms with van der Waals surface area (Å²) in [5.41, 5.74) is 1.38. The van der Waals surface area contributed by atoms with Crippen molar-refractivity contribution in [1.29, 1.82) is 5.26 Å². The van der Waals surface area contributed by atoms with E-state index in [9.17, 15) is 14.4 Å². The molecule has 27 heavy (non-hydrogen) atoms. The number of para-hydroxylation sites is 2. The first-order chi connectivity index (χ1) is 13.0. The Bertz CT molecular complexity index is 902. The standard InChI is InChI=1S/C20H19N3O4/c1-14(24)23(18-10-6-4-8-16(18)20(26)27-2)12-11-19(25)22-17-9-5-3-7-15(17)13-21/h3-10H,11-12H2,1-2H3,(H,22,25). The smallest absolute Gasteiger partial charge is 0.339 e. The number of nitrogens with zero attached hydrogens (tertiary/aromatic N) is 2. The molecule has 1 N–H and O–H groups in total. The Morgan fingerprint density at radius 2 is 1.78 bits per heavy atom. The van der Waals surface area contributed by atoms with Crippen LogP contribution in [0.5, 0.6) is 0 Å². The van der Waals surface area contributed by atoms with Crippen LogP contribution >= 0.6 is 0 Å². The molecule has 0 aromatic heterocycles. The maximum absolute atomic E-state index is 12.3. The molecule has 0 fully saturated rings. The molecule has 0 spiro atoms. The average Bonchev–Trinajstić information content (AvgIpc) is 2.68. The van der Waals surface area contributed by atoms with Crippen LogP contribution in [0.25, 0.3) is 0 Å². The number of hydrogen-bond acceptors (Lipinski definition) is 5. The summed E-state index contributed by atoms with van der Waals surface area (Å²) in [5, 5.41) is 11.7. The van der Waals surface area contributed by atoms with Crippen molar-refractivity contribution in [3.8, 4) is 6.07 Å². The summed E-state index contributed by atoms with van der Waals surface area (Å²) in [6, 6.07) is 15.2. The number of methoxy groups -OCH3 is 1. The highest BCUT2D eigenvalue weighted by Gasteiger charge is 2.20. The third-order valence-corrected chi connectivity index (χ3v) is 3.86. The fraction of sp³-hybridized carbons (Fsp3) is 0.200. The van der Waals surface area contributed by atoms with Gasteiger partial charge in [-0.05, 0) is 24.3 Å². The maximum atomic E-state index is 12.3. The zero-order valence-corrected chi connectivity index (χ0v) is 15.1. The highest BCUT2D eigenvalue weighted by atomic mass is 16.5. The van der Waals surface area contributed by atoms with E-state index in [1.54, 1.807) is 48.5 Å². The lowest BCUT2D eigenvalue weighted by Gasteiger charge is -2.23. The SMILES string of the molecule is COC(=O)c1ccccc1N(CCC(=O)Nc1ccccc1C#N)C(C)=O. The molecule has 2 aromatic rings. The van der Waals surface area contributed by atoms with Gasteiger partial charge in [0.05, 0.1) is 29.6 Å². The van der Waals surface area contributed by atoms with E-state index in [2.05, 4.69) is 5.32 Å². The Hall–Kier alpha value is -3.66. The predicted molar refractivity (Wildman–Crippen MR) is 100 cm³/mol. The summed E-state index contributed by atoms with van der Waals surface area (Å²) in [4.78, 5) is 37.6. The van der Waals surface area contributed by atoms with Crippen molar-refractivity contribution in [2.45, 2.75) is 13.3 Å². The lowest BCUT2D eigenvalue weighted by atomic mass is 10.1. The normalized spacial score (nSPS) is 9.81. The molecule has 2 amide bonds. The van der Waals surface area contributed by atoms with Crippen LogP contribution in [0.15, 0.2) is 48.5 Å². The molecule has 0 aliphatic carbocycles. The average molecular weight is 365 g/mol. The molecule has 0 aliphatic heterocycles. The summed E-state index contributed by atoms with van der Waals surface area (Å²) in [5.74, 6) is -1.22. The molecule has 7 nitrogen and oxygen atoms in total. The van der Waals surface area contributed by atoms with Crippen molar-refractivity contribution < 1.29 is 19.1 Å². The molecular formula is C20H19N3O4. The number of benzene rings is 2. The number of rotatable bonds is 6. The Balaban J connectivity index is 2.14. The van der Waals surface area contributed by atoms with Gasteiger partial charge < -0.3 is 15.0 Å². The van der Waals surface area contributed by atoms with Gasteiger partial charge in [0.1, 0.15) is 6.07 Å². The summed E-state index contributed by atoms with van der Waals surface area (Å²) < 4.78 is 4.75. The maximum Gasteiger partial charge on any atom is 0.339 e. The molecule has 0 aliphatic rings. The second kappa shape index (κ2) is 9.15. The first kappa shape index (κ1) is 19.7. The number of amides is 2. The molecule has 0 saturated heterocycles. The summed E-state index contributed by atoms with van der Waals surface area (Å²) >= 11 is 0. The summed E-state index contributed by atoms with van der Waals surface area (Å²) in [7, 11) is 1.26. The highest BCUT2D eigenvalue weighted by Crippen LogP contribution is 2.22. The van der Waals surface area contributed by atoms with E-state index in [4.69, 9.17) is 10.00 Å². The second-order valence-corrected chi connectivity index (χ2v) is 5.63. The molecule has 138 valence electrons. The van der Waals surface area contributed by atoms with E-state index < -0.39 is 5.97 Å². The fourth-order valence-corrected chi connectivity index (χ4v) is 2.55. The molecule has 2 rings (SSSR count). The first-order valence-electron chi connectivity index (χ1n) is 8.22. The van der Waals surface area contributed by atoms with Gasteiger partial charge in [-0.2, -0.15) is 5.26 Å². The molecule has 0 heterocycles. The number of anilines is 2. The van der Waals surface area contributed by atoms with Gasteiger partial charge in [0.2, 0.25) is 11.8 Å². The van der Waals surface area contributed by atoms with Crippen LogP contribution in [0.4, 0.5) is 11.4 Å². The number of carbonyl (C=O) groups excluding carboxylic acids is 3. The van der Waals surface area contributed by atoms with Crippen molar-refractivity contribution >= 4 is 29.2 Å². The Labute approximate surface area is 157 Å². The van der Waals surface area contributed by atoms with Crippen LogP contribution in [-0.4, -0.2) is 31.4 Å². The van der Waals surface area contributed by atoms with Gasteiger partial charge in [-0.25, -0.2) is 4.79 Å². The number of esters is 1. The highest BCUT2D eigenvalue weighted by molar-refractivity contribution is 6.02. The number of nitriles is 1. The van der Waals surface area contributed by atoms with Crippen molar-refractivity contribution in [3.05, 3.63) is 59.7 Å². The van der Waals surface area contributed by atoms with Crippen molar-refractivity contribution in [3.63, 3.8) is 0 Å². The summed E-state index contributed by atoms with van der Waals surface area (Å²) in [6.07, 6.45) is -0.00511. The van der Waals surface area contributed by atoms with Gasteiger partial charge in [0, 0.05) is 19.9 Å². The van der Waals surface area contributed by atoms with Crippen LogP contribution in [0.2, 0.25) is 0 Å². The van der Waals surface area contributed by atoms with Crippen molar-refractivity contribution in [1.82, 2.24) is 0 Å². The van der Waals surface area contributed by atoms with E-state index in [-0.39, 0.29) is 30.3 Å². The van der Waals surface area contributed by atoms with Crippen molar-refractivity contribution in [2.24, 2.45) is 0 Å². The number of ether oxygens (including phenoxy) is 1. The Morgan fingerprint density at radius 3 is 2.44 bits per heavy atom. The second-order valence-electron chi connectivity index (χ2n) is 5.63. The van der Waals surface area contributed by atoms with Crippen LogP contribution in [0.1, 0.15) is 29.3 Å². The first-order valence-corrected chi connectivity index (χ1v) is 8.22. The third kappa shape index (κ3) is 4.92. The van der Waals surface area contributed by atoms with Gasteiger partial charge in [0.15, 0.2) is 0 Å². The van der Waals surface area contributed by atoms with Gasteiger partial charge in [0.25, 0.3) is 0 Å². The lowest BCUT2D eigenvalue weighted by Crippen LogP contribution is -2.33. The molecule has 2 aromatic carbocycles. The zero-order valence-electron chi connectivity index (χ0n) is 15.1. The lowest BCUT2D eigenvalue weighted by molar-refractivity contribution is -0.117. The molecule has 0 saturated carbocycles. The van der Waals surface area contributed by atoms with E-state index in [1.165, 1.54) is 18.9 Å². The zero-order chi connectivity index (χ0) is 19.8. The fourth-order valence-electron chi connectivity index (χ4n) is 2.55. The minimum atomic E-state index is -0.566. The minimum Gasteiger partial charge on any atom is -0.465 e. The quantitative estimate of drug-likeness (QED) is 0.794. The molecule has 7 heteroatoms. The minimum absolute atomic E-state index is 0.00511. The monoisotopic (exact) mass is 365 g/mol. The molecule has 0 radical (unpaired) electrons. The van der Waals surface area contributed by atoms with Gasteiger partial charge in [-0.3, -0.25) is 9.59 Å². The van der Waals surface area contributed by atoms with E-state index in [1.807, 2.05) is 6.07 Å². The number of hydrogen-bond donors (Lipinski definition) is 1. The Kier molecular flexibility index (Phi) is 6.67. The van der Waals surface area contributed by atoms with Gasteiger partial charge in [-0.1, -0.05) is 24.3 Å². The third-order valence-electron chi connectivity index (χ3n) is 3.86. The van der Waals surface area contributed by atoms with E-state index in [0.717, 1.165) is 0 Å². The largest absolute Gasteiger partial charge is 0.465 e. The number of carbonyl (C=O) groups is 3. The van der Waals surface area contributed by atoms with Crippen molar-refractivity contribution in [2.75, 3.05) is 23.9 Å². The van der Waals surface area contributed by atoms with Crippen LogP contribution in [0, 0.1) is 11.3 Å². The predicted octanol–water partition coefficient (Wildman–Crippen LogP) is 2.73. The van der Waals surface area contributed by atoms with Crippen LogP contribution in [0.3, 0.4) is 0 Å². The molecule has 0 atom stereocenters. The molecule has 0 unspecified atom stereocenters. The van der Waals surface area contributed by atoms with Gasteiger partial charge in [-0.15, -0.1) is 0 Å². The summed E-state index contributed by atoms with van der Waals surface area (Å²) in [6.45, 7) is 1.43. The van der Waals surface area contributed by atoms with Crippen LogP contribution in [-0.2, 0) is 14.3 Å². The molecular weight excluding hydrogens is 346 g/mol. The van der Waals surface area contributed by atoms with Gasteiger partial charge >= 0.3 is 5.97 Å². The van der Waals surface area contributed by atoms with Crippen LogP contribution < -0.4 is 10.2 Å². The molecule has 0 bridgehead atoms. The number of nitrogens with one attached hydrogen (secondary N) is 1. The topological polar surface area (TPSA) is 99.5 Å². The Morgan fingerprint density at radius 1 is 1.11 bits per heavy atom.